The second-order valence-corrected chi connectivity index (χ2v) is 8.53. The fraction of sp³-hybridized carbons (Fsp3) is 0.200. The smallest absolute Gasteiger partial charge is 0.307 e. The maximum atomic E-state index is 14.5. The highest BCUT2D eigenvalue weighted by Gasteiger charge is 2.34. The summed E-state index contributed by atoms with van der Waals surface area (Å²) in [5, 5.41) is -0.285. The van der Waals surface area contributed by atoms with Gasteiger partial charge in [-0.15, -0.1) is 0 Å². The molecule has 0 fully saturated rings. The number of alkyl halides is 3. The van der Waals surface area contributed by atoms with Crippen LogP contribution in [0.1, 0.15) is 5.69 Å². The summed E-state index contributed by atoms with van der Waals surface area (Å²) in [5.41, 5.74) is -3.75. The predicted molar refractivity (Wildman–Crippen MR) is 93.7 cm³/mol. The Morgan fingerprint density at radius 3 is 2.39 bits per heavy atom. The van der Waals surface area contributed by atoms with Crippen molar-refractivity contribution in [1.82, 2.24) is 9.55 Å². The quantitative estimate of drug-likeness (QED) is 0.635. The van der Waals surface area contributed by atoms with Gasteiger partial charge in [0.25, 0.3) is 5.56 Å². The van der Waals surface area contributed by atoms with Gasteiger partial charge in [-0.3, -0.25) is 9.52 Å². The fourth-order valence-electron chi connectivity index (χ4n) is 2.58. The van der Waals surface area contributed by atoms with Crippen LogP contribution in [-0.2, 0) is 23.2 Å². The molecule has 0 unspecified atom stereocenters. The average Bonchev–Trinajstić information content (AvgIpc) is 2.91. The molecule has 0 radical (unpaired) electrons. The van der Waals surface area contributed by atoms with Crippen LogP contribution in [-0.4, -0.2) is 24.2 Å². The van der Waals surface area contributed by atoms with Crippen molar-refractivity contribution in [3.63, 3.8) is 0 Å². The Kier molecular flexibility index (Phi) is 4.70. The first-order valence-corrected chi connectivity index (χ1v) is 10.0. The number of sulfonamides is 1. The Morgan fingerprint density at radius 1 is 1.18 bits per heavy atom. The summed E-state index contributed by atoms with van der Waals surface area (Å²) >= 11 is 0.546. The van der Waals surface area contributed by atoms with Crippen LogP contribution in [0.25, 0.3) is 21.3 Å². The van der Waals surface area contributed by atoms with Crippen LogP contribution in [0.15, 0.2) is 23.0 Å². The van der Waals surface area contributed by atoms with Gasteiger partial charge >= 0.3 is 6.18 Å². The Morgan fingerprint density at radius 2 is 1.82 bits per heavy atom. The van der Waals surface area contributed by atoms with Gasteiger partial charge in [0.1, 0.15) is 17.0 Å². The summed E-state index contributed by atoms with van der Waals surface area (Å²) in [4.78, 5) is 16.2. The third kappa shape index (κ3) is 3.58. The molecule has 1 aromatic carbocycles. The van der Waals surface area contributed by atoms with E-state index in [9.17, 15) is 35.2 Å². The maximum Gasteiger partial charge on any atom is 0.431 e. The molecule has 0 atom stereocenters. The Hall–Kier alpha value is -2.54. The molecule has 0 spiro atoms. The molecule has 0 saturated heterocycles. The van der Waals surface area contributed by atoms with Crippen LogP contribution in [0.2, 0.25) is 0 Å². The number of nitrogens with one attached hydrogen (secondary N) is 1. The van der Waals surface area contributed by atoms with Crippen molar-refractivity contribution in [1.29, 1.82) is 0 Å². The lowest BCUT2D eigenvalue weighted by Gasteiger charge is -2.13. The lowest BCUT2D eigenvalue weighted by atomic mass is 10.1. The Balaban J connectivity index is 2.32. The van der Waals surface area contributed by atoms with E-state index in [0.717, 1.165) is 19.4 Å². The number of nitrogens with zero attached hydrogens (tertiary/aromatic N) is 2. The minimum atomic E-state index is -4.81. The molecule has 13 heteroatoms. The molecule has 1 N–H and O–H groups in total. The number of aromatic nitrogens is 2. The van der Waals surface area contributed by atoms with Crippen molar-refractivity contribution in [2.75, 3.05) is 11.0 Å². The number of halogens is 5. The third-order valence-corrected chi connectivity index (χ3v) is 5.39. The first kappa shape index (κ1) is 20.2. The van der Waals surface area contributed by atoms with Crippen LogP contribution in [0.4, 0.5) is 27.1 Å². The predicted octanol–water partition coefficient (Wildman–Crippen LogP) is 3.33. The van der Waals surface area contributed by atoms with Crippen molar-refractivity contribution < 1.29 is 30.4 Å². The molecule has 150 valence electrons. The molecule has 0 amide bonds. The summed E-state index contributed by atoms with van der Waals surface area (Å²) in [6.45, 7) is 0. The molecule has 0 aliphatic rings. The van der Waals surface area contributed by atoms with Gasteiger partial charge in [0.15, 0.2) is 10.9 Å². The largest absolute Gasteiger partial charge is 0.431 e. The van der Waals surface area contributed by atoms with E-state index in [2.05, 4.69) is 4.98 Å². The molecule has 3 rings (SSSR count). The van der Waals surface area contributed by atoms with Gasteiger partial charge in [-0.25, -0.2) is 22.2 Å². The van der Waals surface area contributed by atoms with Crippen LogP contribution in [0.5, 0.6) is 0 Å². The SMILES string of the molecule is Cn1c(C(F)(F)F)ccc(-c2c(F)cc(F)c3nc(NS(C)(=O)=O)sc23)c1=O. The molecule has 6 nitrogen and oxygen atoms in total. The van der Waals surface area contributed by atoms with E-state index in [1.165, 1.54) is 0 Å². The van der Waals surface area contributed by atoms with E-state index >= 15 is 0 Å². The molecule has 0 bridgehead atoms. The lowest BCUT2D eigenvalue weighted by Crippen LogP contribution is -2.26. The number of anilines is 1. The van der Waals surface area contributed by atoms with Crippen molar-refractivity contribution >= 4 is 36.7 Å². The van der Waals surface area contributed by atoms with E-state index in [4.69, 9.17) is 0 Å². The fourth-order valence-corrected chi connectivity index (χ4v) is 4.44. The topological polar surface area (TPSA) is 81.1 Å². The molecule has 2 heterocycles. The summed E-state index contributed by atoms with van der Waals surface area (Å²) in [5.74, 6) is -2.31. The number of rotatable bonds is 3. The second kappa shape index (κ2) is 6.51. The number of hydrogen-bond donors (Lipinski definition) is 1. The van der Waals surface area contributed by atoms with Crippen molar-refractivity contribution in [2.24, 2.45) is 7.05 Å². The van der Waals surface area contributed by atoms with E-state index in [0.29, 0.717) is 28.0 Å². The zero-order valence-electron chi connectivity index (χ0n) is 14.1. The van der Waals surface area contributed by atoms with Gasteiger partial charge in [-0.1, -0.05) is 11.3 Å². The Labute approximate surface area is 158 Å². The molecule has 3 aromatic rings. The molecule has 0 aliphatic heterocycles. The van der Waals surface area contributed by atoms with E-state index in [-0.39, 0.29) is 9.83 Å². The second-order valence-electron chi connectivity index (χ2n) is 5.78. The molecular formula is C15H10F5N3O3S2. The Bertz CT molecular complexity index is 1260. The van der Waals surface area contributed by atoms with Crippen LogP contribution >= 0.6 is 11.3 Å². The number of hydrogen-bond acceptors (Lipinski definition) is 5. The molecule has 2 aromatic heterocycles. The van der Waals surface area contributed by atoms with Crippen LogP contribution < -0.4 is 10.3 Å². The van der Waals surface area contributed by atoms with Crippen molar-refractivity contribution in [3.8, 4) is 11.1 Å². The van der Waals surface area contributed by atoms with Gasteiger partial charge in [-0.2, -0.15) is 13.2 Å². The minimum Gasteiger partial charge on any atom is -0.307 e. The maximum absolute atomic E-state index is 14.5. The van der Waals surface area contributed by atoms with Gasteiger partial charge in [0.05, 0.1) is 16.5 Å². The number of benzene rings is 1. The first-order chi connectivity index (χ1) is 12.8. The third-order valence-electron chi connectivity index (χ3n) is 3.71. The lowest BCUT2D eigenvalue weighted by molar-refractivity contribution is -0.143. The molecule has 0 aliphatic carbocycles. The van der Waals surface area contributed by atoms with E-state index in [1.807, 2.05) is 4.72 Å². The highest BCUT2D eigenvalue weighted by Crippen LogP contribution is 2.38. The first-order valence-electron chi connectivity index (χ1n) is 7.33. The van der Waals surface area contributed by atoms with E-state index < -0.39 is 55.7 Å². The zero-order chi connectivity index (χ0) is 21.0. The number of pyridine rings is 1. The highest BCUT2D eigenvalue weighted by atomic mass is 32.2. The highest BCUT2D eigenvalue weighted by molar-refractivity contribution is 7.92. The monoisotopic (exact) mass is 439 g/mol. The van der Waals surface area contributed by atoms with Crippen LogP contribution in [0, 0.1) is 11.6 Å². The average molecular weight is 439 g/mol. The normalized spacial score (nSPS) is 12.5. The molecule has 28 heavy (non-hydrogen) atoms. The summed E-state index contributed by atoms with van der Waals surface area (Å²) in [6.07, 6.45) is -3.98. The van der Waals surface area contributed by atoms with Crippen molar-refractivity contribution in [3.05, 3.63) is 45.9 Å². The number of fused-ring (bicyclic) bond motifs is 1. The number of thiazole rings is 1. The summed E-state index contributed by atoms with van der Waals surface area (Å²) < 4.78 is 92.2. The van der Waals surface area contributed by atoms with Gasteiger partial charge < -0.3 is 4.57 Å². The van der Waals surface area contributed by atoms with Gasteiger partial charge in [0.2, 0.25) is 10.0 Å². The van der Waals surface area contributed by atoms with Crippen molar-refractivity contribution in [2.45, 2.75) is 6.18 Å². The van der Waals surface area contributed by atoms with E-state index in [1.54, 1.807) is 0 Å². The van der Waals surface area contributed by atoms with Crippen LogP contribution in [0.3, 0.4) is 0 Å². The van der Waals surface area contributed by atoms with Gasteiger partial charge in [-0.05, 0) is 12.1 Å². The van der Waals surface area contributed by atoms with Gasteiger partial charge in [0, 0.05) is 18.7 Å². The zero-order valence-corrected chi connectivity index (χ0v) is 15.7. The molecule has 0 saturated carbocycles. The molecular weight excluding hydrogens is 429 g/mol. The minimum absolute atomic E-state index is 0.222. The summed E-state index contributed by atoms with van der Waals surface area (Å²) in [6, 6.07) is 1.81. The standard InChI is InChI=1S/C15H10F5N3O3S2/c1-23-9(15(18,19)20)4-3-6(13(23)24)10-7(16)5-8(17)11-12(10)27-14(21-11)22-28(2,25)26/h3-5H,1-2H3,(H,21,22). The summed E-state index contributed by atoms with van der Waals surface area (Å²) in [7, 11) is -2.90.